The number of benzene rings is 1. The molecule has 0 spiro atoms. The van der Waals surface area contributed by atoms with Crippen LogP contribution in [0.4, 0.5) is 0 Å². The lowest BCUT2D eigenvalue weighted by atomic mass is 10.2. The Hall–Kier alpha value is -2.19. The number of thioether (sulfide) groups is 1. The molecule has 0 fully saturated rings. The summed E-state index contributed by atoms with van der Waals surface area (Å²) in [6, 6.07) is 3.24. The van der Waals surface area contributed by atoms with Crippen molar-refractivity contribution in [2.75, 3.05) is 13.7 Å². The molecule has 0 aliphatic heterocycles. The molecule has 2 aromatic rings. The standard InChI is InChI=1S/C15H15ClN2O5S/c1-4-22-11-6-9(5-10(16)13(11)21-3)7-12(14(19)20)24-15-18-17-8(2)23-15/h5-7H,4H2,1-3H3,(H,19,20)/b12-7-. The van der Waals surface area contributed by atoms with Crippen molar-refractivity contribution in [3.05, 3.63) is 33.5 Å². The quantitative estimate of drug-likeness (QED) is 0.582. The van der Waals surface area contributed by atoms with Crippen molar-refractivity contribution >= 4 is 35.4 Å². The largest absolute Gasteiger partial charge is 0.491 e. The van der Waals surface area contributed by atoms with E-state index in [2.05, 4.69) is 10.2 Å². The van der Waals surface area contributed by atoms with Crippen LogP contribution in [0.5, 0.6) is 11.5 Å². The van der Waals surface area contributed by atoms with E-state index in [1.165, 1.54) is 13.2 Å². The number of hydrogen-bond donors (Lipinski definition) is 1. The minimum Gasteiger partial charge on any atom is -0.491 e. The summed E-state index contributed by atoms with van der Waals surface area (Å²) < 4.78 is 15.9. The summed E-state index contributed by atoms with van der Waals surface area (Å²) in [5.74, 6) is 0.0592. The second kappa shape index (κ2) is 8.07. The van der Waals surface area contributed by atoms with Gasteiger partial charge in [-0.15, -0.1) is 10.2 Å². The second-order valence-corrected chi connectivity index (χ2v) is 5.87. The van der Waals surface area contributed by atoms with Crippen LogP contribution in [0.1, 0.15) is 18.4 Å². The molecule has 1 aromatic heterocycles. The van der Waals surface area contributed by atoms with E-state index in [4.69, 9.17) is 25.5 Å². The first-order valence-corrected chi connectivity index (χ1v) is 8.07. The SMILES string of the molecule is CCOc1cc(/C=C(\Sc2nnc(C)o2)C(=O)O)cc(Cl)c1OC. The molecule has 0 unspecified atom stereocenters. The van der Waals surface area contributed by atoms with E-state index in [0.29, 0.717) is 34.6 Å². The van der Waals surface area contributed by atoms with Gasteiger partial charge in [0.05, 0.1) is 18.7 Å². The maximum Gasteiger partial charge on any atom is 0.342 e. The first kappa shape index (κ1) is 18.2. The summed E-state index contributed by atoms with van der Waals surface area (Å²) in [4.78, 5) is 11.5. The predicted octanol–water partition coefficient (Wildman–Crippen LogP) is 3.66. The van der Waals surface area contributed by atoms with Crippen LogP contribution in [0.2, 0.25) is 5.02 Å². The van der Waals surface area contributed by atoms with Crippen molar-refractivity contribution in [3.8, 4) is 11.5 Å². The molecule has 9 heteroatoms. The Labute approximate surface area is 147 Å². The normalized spacial score (nSPS) is 11.4. The molecule has 0 aliphatic rings. The molecule has 0 atom stereocenters. The molecule has 1 aromatic carbocycles. The molecule has 0 saturated carbocycles. The first-order chi connectivity index (χ1) is 11.4. The molecule has 0 aliphatic carbocycles. The van der Waals surface area contributed by atoms with Crippen LogP contribution in [0.3, 0.4) is 0 Å². The third-order valence-corrected chi connectivity index (χ3v) is 3.88. The van der Waals surface area contributed by atoms with Crippen LogP contribution >= 0.6 is 23.4 Å². The van der Waals surface area contributed by atoms with Gasteiger partial charge in [-0.25, -0.2) is 4.79 Å². The molecule has 1 heterocycles. The summed E-state index contributed by atoms with van der Waals surface area (Å²) in [7, 11) is 1.48. The van der Waals surface area contributed by atoms with E-state index in [-0.39, 0.29) is 10.1 Å². The summed E-state index contributed by atoms with van der Waals surface area (Å²) in [5, 5.41) is 17.3. The lowest BCUT2D eigenvalue weighted by Crippen LogP contribution is -1.99. The number of ether oxygens (including phenoxy) is 2. The summed E-state index contributed by atoms with van der Waals surface area (Å²) >= 11 is 7.02. The fourth-order valence-electron chi connectivity index (χ4n) is 1.83. The number of carbonyl (C=O) groups is 1. The van der Waals surface area contributed by atoms with Gasteiger partial charge in [0, 0.05) is 6.92 Å². The lowest BCUT2D eigenvalue weighted by Gasteiger charge is -2.12. The van der Waals surface area contributed by atoms with Crippen LogP contribution in [0, 0.1) is 6.92 Å². The van der Waals surface area contributed by atoms with Gasteiger partial charge in [0.2, 0.25) is 5.89 Å². The third-order valence-electron chi connectivity index (χ3n) is 2.75. The Morgan fingerprint density at radius 2 is 2.21 bits per heavy atom. The van der Waals surface area contributed by atoms with Gasteiger partial charge >= 0.3 is 5.97 Å². The van der Waals surface area contributed by atoms with Crippen molar-refractivity contribution < 1.29 is 23.8 Å². The van der Waals surface area contributed by atoms with E-state index in [0.717, 1.165) is 11.8 Å². The highest BCUT2D eigenvalue weighted by Crippen LogP contribution is 2.37. The first-order valence-electron chi connectivity index (χ1n) is 6.87. The zero-order chi connectivity index (χ0) is 17.7. The molecule has 0 bridgehead atoms. The van der Waals surface area contributed by atoms with E-state index in [9.17, 15) is 9.90 Å². The minimum atomic E-state index is -1.12. The summed E-state index contributed by atoms with van der Waals surface area (Å²) in [6.45, 7) is 3.87. The van der Waals surface area contributed by atoms with Crippen LogP contribution in [-0.2, 0) is 4.79 Å². The van der Waals surface area contributed by atoms with Crippen molar-refractivity contribution in [2.45, 2.75) is 19.1 Å². The highest BCUT2D eigenvalue weighted by Gasteiger charge is 2.16. The fraction of sp³-hybridized carbons (Fsp3) is 0.267. The van der Waals surface area contributed by atoms with Crippen molar-refractivity contribution in [3.63, 3.8) is 0 Å². The Morgan fingerprint density at radius 3 is 2.75 bits per heavy atom. The zero-order valence-electron chi connectivity index (χ0n) is 13.2. The summed E-state index contributed by atoms with van der Waals surface area (Å²) in [6.07, 6.45) is 1.44. The Balaban J connectivity index is 2.39. The monoisotopic (exact) mass is 370 g/mol. The number of aryl methyl sites for hydroxylation is 1. The molecule has 0 amide bonds. The van der Waals surface area contributed by atoms with Gasteiger partial charge in [0.15, 0.2) is 11.5 Å². The average molecular weight is 371 g/mol. The van der Waals surface area contributed by atoms with Crippen molar-refractivity contribution in [2.24, 2.45) is 0 Å². The number of aliphatic carboxylic acids is 1. The third kappa shape index (κ3) is 4.42. The van der Waals surface area contributed by atoms with Crippen LogP contribution in [0.25, 0.3) is 6.08 Å². The molecule has 128 valence electrons. The van der Waals surface area contributed by atoms with Crippen molar-refractivity contribution in [1.82, 2.24) is 10.2 Å². The average Bonchev–Trinajstić information content (AvgIpc) is 2.92. The van der Waals surface area contributed by atoms with E-state index >= 15 is 0 Å². The van der Waals surface area contributed by atoms with Gasteiger partial charge in [-0.1, -0.05) is 11.6 Å². The van der Waals surface area contributed by atoms with E-state index < -0.39 is 5.97 Å². The van der Waals surface area contributed by atoms with Crippen molar-refractivity contribution in [1.29, 1.82) is 0 Å². The number of rotatable bonds is 7. The molecule has 0 saturated heterocycles. The maximum absolute atomic E-state index is 11.5. The number of halogens is 1. The van der Waals surface area contributed by atoms with Gasteiger partial charge in [0.25, 0.3) is 5.22 Å². The maximum atomic E-state index is 11.5. The number of nitrogens with zero attached hydrogens (tertiary/aromatic N) is 2. The van der Waals surface area contributed by atoms with Crippen LogP contribution in [-0.4, -0.2) is 35.0 Å². The highest BCUT2D eigenvalue weighted by atomic mass is 35.5. The Kier molecular flexibility index (Phi) is 6.10. The molecule has 7 nitrogen and oxygen atoms in total. The van der Waals surface area contributed by atoms with Gasteiger partial charge in [0.1, 0.15) is 4.91 Å². The van der Waals surface area contributed by atoms with Crippen LogP contribution < -0.4 is 9.47 Å². The second-order valence-electron chi connectivity index (χ2n) is 4.47. The number of aromatic nitrogens is 2. The molecule has 0 radical (unpaired) electrons. The summed E-state index contributed by atoms with van der Waals surface area (Å²) in [5.41, 5.74) is 0.547. The smallest absolute Gasteiger partial charge is 0.342 e. The van der Waals surface area contributed by atoms with E-state index in [1.54, 1.807) is 19.1 Å². The van der Waals surface area contributed by atoms with E-state index in [1.807, 2.05) is 6.92 Å². The molecule has 1 N–H and O–H groups in total. The Morgan fingerprint density at radius 1 is 1.46 bits per heavy atom. The van der Waals surface area contributed by atoms with Crippen LogP contribution in [0.15, 0.2) is 26.7 Å². The number of hydrogen-bond acceptors (Lipinski definition) is 7. The highest BCUT2D eigenvalue weighted by molar-refractivity contribution is 8.03. The van der Waals surface area contributed by atoms with Gasteiger partial charge in [-0.3, -0.25) is 0 Å². The zero-order valence-corrected chi connectivity index (χ0v) is 14.8. The minimum absolute atomic E-state index is 0.00216. The fourth-order valence-corrected chi connectivity index (χ4v) is 2.84. The number of carboxylic acid groups (broad SMARTS) is 1. The molecular weight excluding hydrogens is 356 g/mol. The molecule has 2 rings (SSSR count). The molecule has 24 heavy (non-hydrogen) atoms. The molecular formula is C15H15ClN2O5S. The van der Waals surface area contributed by atoms with Gasteiger partial charge < -0.3 is 19.0 Å². The van der Waals surface area contributed by atoms with Gasteiger partial charge in [-0.05, 0) is 42.5 Å². The lowest BCUT2D eigenvalue weighted by molar-refractivity contribution is -0.131. The number of carboxylic acids is 1. The Bertz CT molecular complexity index is 775. The topological polar surface area (TPSA) is 94.7 Å². The van der Waals surface area contributed by atoms with Gasteiger partial charge in [-0.2, -0.15) is 0 Å². The predicted molar refractivity (Wildman–Crippen MR) is 89.7 cm³/mol. The number of methoxy groups -OCH3 is 1.